The Balaban J connectivity index is 2.14. The molecule has 0 aliphatic carbocycles. The van der Waals surface area contributed by atoms with E-state index in [1.165, 1.54) is 0 Å². The first-order chi connectivity index (χ1) is 8.22. The van der Waals surface area contributed by atoms with Crippen molar-refractivity contribution < 1.29 is 19.7 Å². The van der Waals surface area contributed by atoms with Crippen LogP contribution in [0.4, 0.5) is 0 Å². The van der Waals surface area contributed by atoms with Gasteiger partial charge in [0.15, 0.2) is 6.29 Å². The second-order valence-corrected chi connectivity index (χ2v) is 4.15. The smallest absolute Gasteiger partial charge is 0.161 e. The highest BCUT2D eigenvalue weighted by atomic mass is 16.7. The van der Waals surface area contributed by atoms with Gasteiger partial charge in [-0.1, -0.05) is 30.3 Å². The predicted molar refractivity (Wildman–Crippen MR) is 62.3 cm³/mol. The lowest BCUT2D eigenvalue weighted by atomic mass is 9.96. The molecule has 0 saturated carbocycles. The Labute approximate surface area is 101 Å². The Bertz CT molecular complexity index is 341. The fourth-order valence-corrected chi connectivity index (χ4v) is 2.05. The second kappa shape index (κ2) is 5.60. The van der Waals surface area contributed by atoms with E-state index in [1.807, 2.05) is 37.3 Å². The SMILES string of the molecule is CCO[C@H]1C[C@H](O)[C@H](O)[C@@H](c2ccccc2)O1. The molecule has 4 heteroatoms. The lowest BCUT2D eigenvalue weighted by Gasteiger charge is -2.37. The Morgan fingerprint density at radius 2 is 2.00 bits per heavy atom. The van der Waals surface area contributed by atoms with E-state index in [-0.39, 0.29) is 0 Å². The number of benzene rings is 1. The molecule has 0 radical (unpaired) electrons. The molecule has 17 heavy (non-hydrogen) atoms. The minimum atomic E-state index is -0.908. The number of aliphatic hydroxyl groups excluding tert-OH is 2. The van der Waals surface area contributed by atoms with Gasteiger partial charge in [0.25, 0.3) is 0 Å². The third-order valence-corrected chi connectivity index (χ3v) is 2.92. The van der Waals surface area contributed by atoms with Crippen molar-refractivity contribution >= 4 is 0 Å². The first kappa shape index (κ1) is 12.5. The van der Waals surface area contributed by atoms with Crippen LogP contribution in [0.1, 0.15) is 25.0 Å². The molecule has 1 fully saturated rings. The molecule has 1 saturated heterocycles. The highest BCUT2D eigenvalue weighted by Gasteiger charge is 2.37. The maximum atomic E-state index is 9.95. The van der Waals surface area contributed by atoms with Gasteiger partial charge in [0.1, 0.15) is 12.2 Å². The van der Waals surface area contributed by atoms with Gasteiger partial charge in [0, 0.05) is 13.0 Å². The first-order valence-corrected chi connectivity index (χ1v) is 5.90. The van der Waals surface area contributed by atoms with Crippen molar-refractivity contribution in [3.8, 4) is 0 Å². The summed E-state index contributed by atoms with van der Waals surface area (Å²) >= 11 is 0. The summed E-state index contributed by atoms with van der Waals surface area (Å²) < 4.78 is 11.0. The third kappa shape index (κ3) is 2.84. The summed E-state index contributed by atoms with van der Waals surface area (Å²) in [6.07, 6.45) is -2.40. The molecule has 2 N–H and O–H groups in total. The fourth-order valence-electron chi connectivity index (χ4n) is 2.05. The Morgan fingerprint density at radius 1 is 1.29 bits per heavy atom. The maximum absolute atomic E-state index is 9.95. The van der Waals surface area contributed by atoms with Gasteiger partial charge >= 0.3 is 0 Å². The van der Waals surface area contributed by atoms with Crippen molar-refractivity contribution in [2.75, 3.05) is 6.61 Å². The Morgan fingerprint density at radius 3 is 2.65 bits per heavy atom. The largest absolute Gasteiger partial charge is 0.390 e. The molecule has 2 rings (SSSR count). The standard InChI is InChI=1S/C13H18O4/c1-2-16-11-8-10(14)12(15)13(17-11)9-6-4-3-5-7-9/h3-7,10-15H,2,8H2,1H3/t10-,11+,12-,13+/m0/s1. The van der Waals surface area contributed by atoms with Crippen LogP contribution < -0.4 is 0 Å². The van der Waals surface area contributed by atoms with Crippen LogP contribution in [0, 0.1) is 0 Å². The van der Waals surface area contributed by atoms with Gasteiger partial charge < -0.3 is 19.7 Å². The highest BCUT2D eigenvalue weighted by molar-refractivity contribution is 5.19. The topological polar surface area (TPSA) is 58.9 Å². The zero-order valence-corrected chi connectivity index (χ0v) is 9.82. The second-order valence-electron chi connectivity index (χ2n) is 4.15. The predicted octanol–water partition coefficient (Wildman–Crippen LogP) is 1.23. The molecular formula is C13H18O4. The van der Waals surface area contributed by atoms with Gasteiger partial charge in [0.05, 0.1) is 6.10 Å². The van der Waals surface area contributed by atoms with E-state index in [0.717, 1.165) is 5.56 Å². The summed E-state index contributed by atoms with van der Waals surface area (Å²) in [5.41, 5.74) is 0.850. The number of rotatable bonds is 3. The van der Waals surface area contributed by atoms with Crippen LogP contribution in [-0.2, 0) is 9.47 Å². The van der Waals surface area contributed by atoms with Gasteiger partial charge in [-0.05, 0) is 12.5 Å². The van der Waals surface area contributed by atoms with Crippen molar-refractivity contribution in [1.82, 2.24) is 0 Å². The van der Waals surface area contributed by atoms with E-state index in [1.54, 1.807) is 0 Å². The fraction of sp³-hybridized carbons (Fsp3) is 0.538. The van der Waals surface area contributed by atoms with E-state index in [0.29, 0.717) is 13.0 Å². The van der Waals surface area contributed by atoms with Crippen LogP contribution in [0.2, 0.25) is 0 Å². The number of ether oxygens (including phenoxy) is 2. The normalized spacial score (nSPS) is 33.6. The lowest BCUT2D eigenvalue weighted by molar-refractivity contribution is -0.252. The van der Waals surface area contributed by atoms with Crippen LogP contribution in [0.15, 0.2) is 30.3 Å². The molecule has 1 aliphatic heterocycles. The molecule has 1 aliphatic rings. The number of hydrogen-bond donors (Lipinski definition) is 2. The molecular weight excluding hydrogens is 220 g/mol. The van der Waals surface area contributed by atoms with Crippen molar-refractivity contribution in [1.29, 1.82) is 0 Å². The van der Waals surface area contributed by atoms with E-state index in [9.17, 15) is 10.2 Å². The summed E-state index contributed by atoms with van der Waals surface area (Å²) in [5.74, 6) is 0. The van der Waals surface area contributed by atoms with Crippen LogP contribution in [0.25, 0.3) is 0 Å². The van der Waals surface area contributed by atoms with Gasteiger partial charge in [-0.15, -0.1) is 0 Å². The van der Waals surface area contributed by atoms with Crippen molar-refractivity contribution in [2.24, 2.45) is 0 Å². The molecule has 0 spiro atoms. The molecule has 0 unspecified atom stereocenters. The Hall–Kier alpha value is -0.940. The van der Waals surface area contributed by atoms with E-state index < -0.39 is 24.6 Å². The summed E-state index contributed by atoms with van der Waals surface area (Å²) in [6, 6.07) is 9.39. The molecule has 4 nitrogen and oxygen atoms in total. The van der Waals surface area contributed by atoms with Crippen LogP contribution in [0.3, 0.4) is 0 Å². The number of hydrogen-bond acceptors (Lipinski definition) is 4. The van der Waals surface area contributed by atoms with E-state index in [2.05, 4.69) is 0 Å². The van der Waals surface area contributed by atoms with Gasteiger partial charge in [-0.25, -0.2) is 0 Å². The molecule has 1 aromatic carbocycles. The summed E-state index contributed by atoms with van der Waals surface area (Å²) in [4.78, 5) is 0. The minimum absolute atomic E-state index is 0.304. The third-order valence-electron chi connectivity index (χ3n) is 2.92. The molecule has 4 atom stereocenters. The quantitative estimate of drug-likeness (QED) is 0.831. The van der Waals surface area contributed by atoms with Crippen molar-refractivity contribution in [2.45, 2.75) is 37.9 Å². The zero-order valence-electron chi connectivity index (χ0n) is 9.82. The molecule has 94 valence electrons. The van der Waals surface area contributed by atoms with Gasteiger partial charge in [-0.2, -0.15) is 0 Å². The van der Waals surface area contributed by atoms with Gasteiger partial charge in [0.2, 0.25) is 0 Å². The lowest BCUT2D eigenvalue weighted by Crippen LogP contribution is -2.44. The minimum Gasteiger partial charge on any atom is -0.390 e. The Kier molecular flexibility index (Phi) is 4.12. The monoisotopic (exact) mass is 238 g/mol. The molecule has 1 aromatic rings. The number of aliphatic hydroxyl groups is 2. The summed E-state index contributed by atoms with van der Waals surface area (Å²) in [5, 5.41) is 19.7. The average molecular weight is 238 g/mol. The highest BCUT2D eigenvalue weighted by Crippen LogP contribution is 2.32. The molecule has 0 amide bonds. The first-order valence-electron chi connectivity index (χ1n) is 5.90. The van der Waals surface area contributed by atoms with E-state index in [4.69, 9.17) is 9.47 Å². The van der Waals surface area contributed by atoms with E-state index >= 15 is 0 Å². The van der Waals surface area contributed by atoms with Crippen molar-refractivity contribution in [3.05, 3.63) is 35.9 Å². The maximum Gasteiger partial charge on any atom is 0.161 e. The summed E-state index contributed by atoms with van der Waals surface area (Å²) in [6.45, 7) is 2.40. The van der Waals surface area contributed by atoms with Crippen LogP contribution >= 0.6 is 0 Å². The average Bonchev–Trinajstić information content (AvgIpc) is 2.35. The van der Waals surface area contributed by atoms with Gasteiger partial charge in [-0.3, -0.25) is 0 Å². The molecule has 0 bridgehead atoms. The van der Waals surface area contributed by atoms with Crippen molar-refractivity contribution in [3.63, 3.8) is 0 Å². The molecule has 1 heterocycles. The van der Waals surface area contributed by atoms with Crippen LogP contribution in [-0.4, -0.2) is 35.3 Å². The summed E-state index contributed by atoms with van der Waals surface area (Å²) in [7, 11) is 0. The van der Waals surface area contributed by atoms with Crippen LogP contribution in [0.5, 0.6) is 0 Å². The molecule has 0 aromatic heterocycles. The zero-order chi connectivity index (χ0) is 12.3.